The van der Waals surface area contributed by atoms with Crippen LogP contribution in [0.1, 0.15) is 29.0 Å². The van der Waals surface area contributed by atoms with E-state index < -0.39 is 10.8 Å². The van der Waals surface area contributed by atoms with Gasteiger partial charge in [-0.15, -0.1) is 0 Å². The molecule has 0 atom stereocenters. The standard InChI is InChI=1S/C22H22N4O5/c1-14-16-6-2-5-9-19(16)31-20(14)22(28)24-23-21(27)15-10-12-25(13-11-15)17-7-3-4-8-18(17)26(29)30/h2-9,15H,10-13H2,1H3,(H,23,27)(H,24,28). The van der Waals surface area contributed by atoms with E-state index in [1.54, 1.807) is 31.2 Å². The molecule has 0 saturated carbocycles. The number of para-hydroxylation sites is 3. The lowest BCUT2D eigenvalue weighted by Gasteiger charge is -2.32. The van der Waals surface area contributed by atoms with Crippen LogP contribution in [0.15, 0.2) is 52.9 Å². The third-order valence-electron chi connectivity index (χ3n) is 5.63. The summed E-state index contributed by atoms with van der Waals surface area (Å²) in [6, 6.07) is 13.9. The predicted octanol–water partition coefficient (Wildman–Crippen LogP) is 3.33. The van der Waals surface area contributed by atoms with Crippen LogP contribution < -0.4 is 15.8 Å². The molecule has 0 bridgehead atoms. The van der Waals surface area contributed by atoms with Crippen molar-refractivity contribution in [2.75, 3.05) is 18.0 Å². The molecule has 2 N–H and O–H groups in total. The maximum absolute atomic E-state index is 12.5. The third-order valence-corrected chi connectivity index (χ3v) is 5.63. The van der Waals surface area contributed by atoms with Crippen LogP contribution in [0.3, 0.4) is 0 Å². The van der Waals surface area contributed by atoms with Gasteiger partial charge < -0.3 is 9.32 Å². The number of hydrazine groups is 1. The number of nitrogens with zero attached hydrogens (tertiary/aromatic N) is 2. The second-order valence-electron chi connectivity index (χ2n) is 7.50. The molecule has 2 aromatic carbocycles. The molecular formula is C22H22N4O5. The Kier molecular flexibility index (Phi) is 5.57. The number of hydrogen-bond donors (Lipinski definition) is 2. The van der Waals surface area contributed by atoms with Crippen LogP contribution >= 0.6 is 0 Å². The van der Waals surface area contributed by atoms with Gasteiger partial charge in [-0.25, -0.2) is 0 Å². The Morgan fingerprint density at radius 1 is 1.06 bits per heavy atom. The van der Waals surface area contributed by atoms with Gasteiger partial charge in [0.2, 0.25) is 5.91 Å². The zero-order valence-corrected chi connectivity index (χ0v) is 17.0. The maximum atomic E-state index is 12.5. The SMILES string of the molecule is Cc1c(C(=O)NNC(=O)C2CCN(c3ccccc3[N+](=O)[O-])CC2)oc2ccccc12. The Morgan fingerprint density at radius 3 is 2.45 bits per heavy atom. The van der Waals surface area contributed by atoms with Gasteiger partial charge in [-0.1, -0.05) is 30.3 Å². The molecule has 2 heterocycles. The van der Waals surface area contributed by atoms with Gasteiger partial charge >= 0.3 is 5.91 Å². The number of hydrogen-bond acceptors (Lipinski definition) is 6. The predicted molar refractivity (Wildman–Crippen MR) is 115 cm³/mol. The molecular weight excluding hydrogens is 400 g/mol. The minimum atomic E-state index is -0.514. The van der Waals surface area contributed by atoms with E-state index in [0.29, 0.717) is 42.8 Å². The van der Waals surface area contributed by atoms with Crippen molar-refractivity contribution < 1.29 is 18.9 Å². The Balaban J connectivity index is 1.34. The smallest absolute Gasteiger partial charge is 0.305 e. The van der Waals surface area contributed by atoms with Crippen molar-refractivity contribution in [3.8, 4) is 0 Å². The number of piperidine rings is 1. The van der Waals surface area contributed by atoms with Crippen LogP contribution in [0.4, 0.5) is 11.4 Å². The number of nitro groups is 1. The number of fused-ring (bicyclic) bond motifs is 1. The fourth-order valence-electron chi connectivity index (χ4n) is 3.94. The van der Waals surface area contributed by atoms with Gasteiger partial charge in [0.15, 0.2) is 5.76 Å². The van der Waals surface area contributed by atoms with Gasteiger partial charge in [-0.05, 0) is 31.9 Å². The number of nitro benzene ring substituents is 1. The second-order valence-corrected chi connectivity index (χ2v) is 7.50. The third kappa shape index (κ3) is 4.07. The normalized spacial score (nSPS) is 14.4. The molecule has 1 fully saturated rings. The number of nitrogens with one attached hydrogen (secondary N) is 2. The van der Waals surface area contributed by atoms with E-state index in [0.717, 1.165) is 5.39 Å². The van der Waals surface area contributed by atoms with E-state index in [9.17, 15) is 19.7 Å². The number of carbonyl (C=O) groups excluding carboxylic acids is 2. The largest absolute Gasteiger partial charge is 0.451 e. The van der Waals surface area contributed by atoms with Crippen molar-refractivity contribution in [2.24, 2.45) is 5.92 Å². The fourth-order valence-corrected chi connectivity index (χ4v) is 3.94. The van der Waals surface area contributed by atoms with Crippen LogP contribution in [-0.2, 0) is 4.79 Å². The topological polar surface area (TPSA) is 118 Å². The van der Waals surface area contributed by atoms with Gasteiger partial charge in [0.05, 0.1) is 4.92 Å². The molecule has 31 heavy (non-hydrogen) atoms. The van der Waals surface area contributed by atoms with Crippen molar-refractivity contribution in [1.29, 1.82) is 0 Å². The summed E-state index contributed by atoms with van der Waals surface area (Å²) in [6.07, 6.45) is 1.05. The number of rotatable bonds is 4. The highest BCUT2D eigenvalue weighted by atomic mass is 16.6. The number of amides is 2. The molecule has 4 rings (SSSR count). The minimum Gasteiger partial charge on any atom is -0.451 e. The first kappa shape index (κ1) is 20.4. The Morgan fingerprint density at radius 2 is 1.74 bits per heavy atom. The zero-order chi connectivity index (χ0) is 22.0. The van der Waals surface area contributed by atoms with Gasteiger partial charge in [-0.3, -0.25) is 30.6 Å². The fraction of sp³-hybridized carbons (Fsp3) is 0.273. The average Bonchev–Trinajstić information content (AvgIpc) is 3.14. The van der Waals surface area contributed by atoms with Crippen LogP contribution in [0.2, 0.25) is 0 Å². The molecule has 3 aromatic rings. The Hall–Kier alpha value is -3.88. The summed E-state index contributed by atoms with van der Waals surface area (Å²) in [6.45, 7) is 2.82. The maximum Gasteiger partial charge on any atom is 0.305 e. The molecule has 0 spiro atoms. The summed E-state index contributed by atoms with van der Waals surface area (Å²) in [5.74, 6) is -0.937. The van der Waals surface area contributed by atoms with Crippen LogP contribution in [0.5, 0.6) is 0 Å². The van der Waals surface area contributed by atoms with Crippen LogP contribution in [0, 0.1) is 23.0 Å². The van der Waals surface area contributed by atoms with Crippen molar-refractivity contribution in [1.82, 2.24) is 10.9 Å². The van der Waals surface area contributed by atoms with E-state index in [1.165, 1.54) is 6.07 Å². The summed E-state index contributed by atoms with van der Waals surface area (Å²) in [5.41, 5.74) is 6.84. The van der Waals surface area contributed by atoms with Gasteiger partial charge in [0.25, 0.3) is 5.69 Å². The molecule has 9 nitrogen and oxygen atoms in total. The summed E-state index contributed by atoms with van der Waals surface area (Å²) in [5, 5.41) is 12.1. The zero-order valence-electron chi connectivity index (χ0n) is 17.0. The highest BCUT2D eigenvalue weighted by molar-refractivity contribution is 5.99. The minimum absolute atomic E-state index is 0.0545. The van der Waals surface area contributed by atoms with E-state index in [4.69, 9.17) is 4.42 Å². The van der Waals surface area contributed by atoms with E-state index in [-0.39, 0.29) is 23.3 Å². The Bertz CT molecular complexity index is 1150. The van der Waals surface area contributed by atoms with Crippen molar-refractivity contribution in [2.45, 2.75) is 19.8 Å². The summed E-state index contributed by atoms with van der Waals surface area (Å²) in [4.78, 5) is 37.8. The van der Waals surface area contributed by atoms with Crippen molar-refractivity contribution >= 4 is 34.2 Å². The van der Waals surface area contributed by atoms with Crippen molar-refractivity contribution in [3.63, 3.8) is 0 Å². The second kappa shape index (κ2) is 8.47. The molecule has 1 aliphatic heterocycles. The van der Waals surface area contributed by atoms with Crippen LogP contribution in [0.25, 0.3) is 11.0 Å². The monoisotopic (exact) mass is 422 g/mol. The molecule has 1 aromatic heterocycles. The summed E-state index contributed by atoms with van der Waals surface area (Å²) in [7, 11) is 0. The number of aryl methyl sites for hydroxylation is 1. The molecule has 160 valence electrons. The summed E-state index contributed by atoms with van der Waals surface area (Å²) >= 11 is 0. The Labute approximate surface area is 178 Å². The first-order valence-corrected chi connectivity index (χ1v) is 10.0. The van der Waals surface area contributed by atoms with E-state index >= 15 is 0 Å². The van der Waals surface area contributed by atoms with E-state index in [1.807, 2.05) is 23.1 Å². The highest BCUT2D eigenvalue weighted by Crippen LogP contribution is 2.31. The molecule has 0 unspecified atom stereocenters. The van der Waals surface area contributed by atoms with Crippen molar-refractivity contribution in [3.05, 3.63) is 70.0 Å². The molecule has 1 aliphatic rings. The molecule has 9 heteroatoms. The van der Waals surface area contributed by atoms with Gasteiger partial charge in [0, 0.05) is 36.0 Å². The molecule has 2 amide bonds. The molecule has 0 aliphatic carbocycles. The number of carbonyl (C=O) groups is 2. The van der Waals surface area contributed by atoms with Gasteiger partial charge in [0.1, 0.15) is 11.3 Å². The highest BCUT2D eigenvalue weighted by Gasteiger charge is 2.28. The number of anilines is 1. The quantitative estimate of drug-likeness (QED) is 0.492. The molecule has 1 saturated heterocycles. The number of furan rings is 1. The lowest BCUT2D eigenvalue weighted by Crippen LogP contribution is -2.47. The lowest BCUT2D eigenvalue weighted by molar-refractivity contribution is -0.384. The first-order chi connectivity index (χ1) is 15.0. The first-order valence-electron chi connectivity index (χ1n) is 10.0. The lowest BCUT2D eigenvalue weighted by atomic mass is 9.95. The summed E-state index contributed by atoms with van der Waals surface area (Å²) < 4.78 is 5.61. The van der Waals surface area contributed by atoms with Crippen LogP contribution in [-0.4, -0.2) is 29.8 Å². The van der Waals surface area contributed by atoms with Gasteiger partial charge in [-0.2, -0.15) is 0 Å². The average molecular weight is 422 g/mol. The molecule has 0 radical (unpaired) electrons. The number of benzene rings is 2. The van der Waals surface area contributed by atoms with E-state index in [2.05, 4.69) is 10.9 Å².